The summed E-state index contributed by atoms with van der Waals surface area (Å²) in [4.78, 5) is 30.1. The topological polar surface area (TPSA) is 49.4 Å². The number of hydrogen-bond donors (Lipinski definition) is 1. The van der Waals surface area contributed by atoms with Crippen LogP contribution in [0.25, 0.3) is 0 Å². The van der Waals surface area contributed by atoms with Gasteiger partial charge in [0.05, 0.1) is 17.8 Å². The van der Waals surface area contributed by atoms with E-state index >= 15 is 0 Å². The first kappa shape index (κ1) is 22.7. The van der Waals surface area contributed by atoms with E-state index < -0.39 is 0 Å². The number of carbonyl (C=O) groups excluding carboxylic acids is 2. The Labute approximate surface area is 203 Å². The molecule has 174 valence electrons. The van der Waals surface area contributed by atoms with Crippen LogP contribution >= 0.6 is 11.8 Å². The summed E-state index contributed by atoms with van der Waals surface area (Å²) in [5.41, 5.74) is 2.13. The Morgan fingerprint density at radius 3 is 2.62 bits per heavy atom. The minimum absolute atomic E-state index is 0.0815. The van der Waals surface area contributed by atoms with Crippen molar-refractivity contribution in [2.24, 2.45) is 5.92 Å². The molecule has 3 aromatic carbocycles. The first-order valence-corrected chi connectivity index (χ1v) is 12.6. The molecule has 1 N–H and O–H groups in total. The molecule has 2 atom stereocenters. The van der Waals surface area contributed by atoms with Crippen LogP contribution in [-0.4, -0.2) is 17.9 Å². The highest BCUT2D eigenvalue weighted by Gasteiger charge is 2.29. The van der Waals surface area contributed by atoms with Crippen molar-refractivity contribution in [3.05, 3.63) is 89.2 Å². The molecule has 2 aliphatic rings. The van der Waals surface area contributed by atoms with Gasteiger partial charge in [0.25, 0.3) is 11.8 Å². The van der Waals surface area contributed by atoms with E-state index in [0.29, 0.717) is 28.3 Å². The summed E-state index contributed by atoms with van der Waals surface area (Å²) >= 11 is 1.49. The lowest BCUT2D eigenvalue weighted by molar-refractivity contribution is 0.0908. The van der Waals surface area contributed by atoms with Gasteiger partial charge >= 0.3 is 0 Å². The summed E-state index contributed by atoms with van der Waals surface area (Å²) in [5.74, 6) is -0.250. The molecule has 5 rings (SSSR count). The minimum Gasteiger partial charge on any atom is -0.349 e. The van der Waals surface area contributed by atoms with E-state index in [1.165, 1.54) is 24.2 Å². The Hall–Kier alpha value is -3.12. The number of halogens is 1. The minimum atomic E-state index is -0.359. The van der Waals surface area contributed by atoms with Crippen LogP contribution in [0.15, 0.2) is 76.5 Å². The zero-order valence-electron chi connectivity index (χ0n) is 19.1. The van der Waals surface area contributed by atoms with Gasteiger partial charge in [-0.3, -0.25) is 9.59 Å². The van der Waals surface area contributed by atoms with Crippen LogP contribution in [0.3, 0.4) is 0 Å². The molecule has 6 heteroatoms. The predicted molar refractivity (Wildman–Crippen MR) is 133 cm³/mol. The Kier molecular flexibility index (Phi) is 6.42. The van der Waals surface area contributed by atoms with Gasteiger partial charge in [0.1, 0.15) is 5.82 Å². The van der Waals surface area contributed by atoms with Crippen molar-refractivity contribution in [1.82, 2.24) is 5.32 Å². The van der Waals surface area contributed by atoms with Crippen molar-refractivity contribution in [2.45, 2.75) is 55.0 Å². The van der Waals surface area contributed by atoms with Crippen LogP contribution in [0.2, 0.25) is 0 Å². The van der Waals surface area contributed by atoms with E-state index in [4.69, 9.17) is 0 Å². The van der Waals surface area contributed by atoms with Crippen LogP contribution in [0.4, 0.5) is 10.1 Å². The summed E-state index contributed by atoms with van der Waals surface area (Å²) < 4.78 is 14.5. The number of nitrogens with zero attached hydrogens (tertiary/aromatic N) is 1. The highest BCUT2D eigenvalue weighted by Crippen LogP contribution is 2.42. The summed E-state index contributed by atoms with van der Waals surface area (Å²) in [6.45, 7) is 2.27. The number of rotatable bonds is 4. The largest absolute Gasteiger partial charge is 0.349 e. The fourth-order valence-corrected chi connectivity index (χ4v) is 5.86. The van der Waals surface area contributed by atoms with Crippen molar-refractivity contribution in [3.63, 3.8) is 0 Å². The van der Waals surface area contributed by atoms with E-state index in [1.807, 2.05) is 30.3 Å². The second kappa shape index (κ2) is 9.63. The van der Waals surface area contributed by atoms with Gasteiger partial charge < -0.3 is 10.2 Å². The number of fused-ring (bicyclic) bond motifs is 2. The third-order valence-corrected chi connectivity index (χ3v) is 7.95. The molecule has 1 heterocycles. The maximum Gasteiger partial charge on any atom is 0.259 e. The number of anilines is 1. The fourth-order valence-electron chi connectivity index (χ4n) is 4.80. The highest BCUT2D eigenvalue weighted by atomic mass is 32.2. The van der Waals surface area contributed by atoms with Gasteiger partial charge in [-0.05, 0) is 55.2 Å². The predicted octanol–water partition coefficient (Wildman–Crippen LogP) is 6.45. The standard InChI is InChI=1S/C28H27FN2O2S/c1-18-8-2-6-12-23(18)30-27(32)19-14-15-26-24(16-19)31(17-20-9-3-5-11-22(20)29)28(33)21-10-4-7-13-25(21)34-26/h3-5,7,9-11,13-16,18,23H,2,6,8,12,17H2,1H3,(H,30,32)/t18-,23-/m0/s1. The van der Waals surface area contributed by atoms with Crippen LogP contribution in [-0.2, 0) is 6.54 Å². The lowest BCUT2D eigenvalue weighted by Crippen LogP contribution is -2.41. The van der Waals surface area contributed by atoms with Crippen molar-refractivity contribution >= 4 is 29.3 Å². The second-order valence-corrected chi connectivity index (χ2v) is 10.2. The van der Waals surface area contributed by atoms with E-state index in [1.54, 1.807) is 35.2 Å². The zero-order valence-corrected chi connectivity index (χ0v) is 19.9. The average Bonchev–Trinajstić information content (AvgIpc) is 2.96. The molecule has 1 aliphatic heterocycles. The lowest BCUT2D eigenvalue weighted by atomic mass is 9.86. The van der Waals surface area contributed by atoms with E-state index in [2.05, 4.69) is 12.2 Å². The molecule has 4 nitrogen and oxygen atoms in total. The SMILES string of the molecule is C[C@H]1CCCC[C@@H]1NC(=O)c1ccc2c(c1)N(Cc1ccccc1F)C(=O)c1ccccc1S2. The van der Waals surface area contributed by atoms with Gasteiger partial charge in [0, 0.05) is 27.0 Å². The summed E-state index contributed by atoms with van der Waals surface area (Å²) in [5, 5.41) is 3.20. The quantitative estimate of drug-likeness (QED) is 0.473. The van der Waals surface area contributed by atoms with Gasteiger partial charge in [-0.1, -0.05) is 61.9 Å². The smallest absolute Gasteiger partial charge is 0.259 e. The van der Waals surface area contributed by atoms with Gasteiger partial charge in [-0.15, -0.1) is 0 Å². The molecule has 0 unspecified atom stereocenters. The maximum absolute atomic E-state index is 14.5. The van der Waals surface area contributed by atoms with E-state index in [0.717, 1.165) is 29.1 Å². The number of amides is 2. The summed E-state index contributed by atoms with van der Waals surface area (Å²) in [7, 11) is 0. The molecule has 34 heavy (non-hydrogen) atoms. The maximum atomic E-state index is 14.5. The van der Waals surface area contributed by atoms with Crippen LogP contribution in [0.1, 0.15) is 58.9 Å². The van der Waals surface area contributed by atoms with Crippen molar-refractivity contribution in [1.29, 1.82) is 0 Å². The molecule has 0 saturated heterocycles. The Morgan fingerprint density at radius 1 is 1.03 bits per heavy atom. The van der Waals surface area contributed by atoms with Crippen LogP contribution < -0.4 is 10.2 Å². The lowest BCUT2D eigenvalue weighted by Gasteiger charge is -2.29. The monoisotopic (exact) mass is 474 g/mol. The molecule has 3 aromatic rings. The number of carbonyl (C=O) groups is 2. The van der Waals surface area contributed by atoms with Gasteiger partial charge in [-0.25, -0.2) is 4.39 Å². The normalized spacial score (nSPS) is 19.7. The van der Waals surface area contributed by atoms with Crippen molar-refractivity contribution in [2.75, 3.05) is 4.90 Å². The zero-order chi connectivity index (χ0) is 23.7. The Morgan fingerprint density at radius 2 is 1.79 bits per heavy atom. The summed E-state index contributed by atoms with van der Waals surface area (Å²) in [6, 6.07) is 19.6. The molecule has 0 radical (unpaired) electrons. The number of hydrogen-bond acceptors (Lipinski definition) is 3. The molecule has 1 aliphatic carbocycles. The molecular formula is C28H27FN2O2S. The Bertz CT molecular complexity index is 1240. The third-order valence-electron chi connectivity index (χ3n) is 6.81. The molecule has 0 spiro atoms. The Balaban J connectivity index is 1.53. The number of nitrogens with one attached hydrogen (secondary N) is 1. The van der Waals surface area contributed by atoms with Gasteiger partial charge in [0.15, 0.2) is 0 Å². The van der Waals surface area contributed by atoms with Crippen molar-refractivity contribution in [3.8, 4) is 0 Å². The first-order chi connectivity index (χ1) is 16.5. The van der Waals surface area contributed by atoms with Crippen molar-refractivity contribution < 1.29 is 14.0 Å². The highest BCUT2D eigenvalue weighted by molar-refractivity contribution is 7.99. The fraction of sp³-hybridized carbons (Fsp3) is 0.286. The second-order valence-electron chi connectivity index (χ2n) is 9.11. The van der Waals surface area contributed by atoms with E-state index in [9.17, 15) is 14.0 Å². The number of benzene rings is 3. The van der Waals surface area contributed by atoms with E-state index in [-0.39, 0.29) is 30.2 Å². The first-order valence-electron chi connectivity index (χ1n) is 11.8. The third kappa shape index (κ3) is 4.47. The summed E-state index contributed by atoms with van der Waals surface area (Å²) in [6.07, 6.45) is 4.44. The molecule has 1 saturated carbocycles. The van der Waals surface area contributed by atoms with Gasteiger partial charge in [0.2, 0.25) is 0 Å². The van der Waals surface area contributed by atoms with Gasteiger partial charge in [-0.2, -0.15) is 0 Å². The average molecular weight is 475 g/mol. The van der Waals surface area contributed by atoms with Crippen LogP contribution in [0, 0.1) is 11.7 Å². The molecule has 0 bridgehead atoms. The molecule has 1 fully saturated rings. The molecule has 0 aromatic heterocycles. The molecular weight excluding hydrogens is 447 g/mol. The molecule has 2 amide bonds. The van der Waals surface area contributed by atoms with Crippen LogP contribution in [0.5, 0.6) is 0 Å².